The normalized spacial score (nSPS) is 14.3. The number of hydrogen-bond donors (Lipinski definition) is 2. The molecule has 1 aromatic carbocycles. The van der Waals surface area contributed by atoms with Crippen LogP contribution in [-0.4, -0.2) is 29.9 Å². The van der Waals surface area contributed by atoms with E-state index in [0.717, 1.165) is 12.8 Å². The van der Waals surface area contributed by atoms with Crippen LogP contribution < -0.4 is 15.4 Å². The molecule has 3 rings (SSSR count). The highest BCUT2D eigenvalue weighted by Crippen LogP contribution is 2.20. The molecular formula is C18H21N3O3S. The standard InChI is InChI=1S/C18H21N3O3S/c1-24-15-8-6-12(7-9-15)17(23)21-18-20-14(11-25-18)10-16(22)19-13-4-2-3-5-13/h6-9,11,13H,2-5,10H2,1H3,(H,19,22)(H,20,21,23). The van der Waals surface area contributed by atoms with Crippen LogP contribution in [0, 0.1) is 0 Å². The van der Waals surface area contributed by atoms with E-state index in [0.29, 0.717) is 28.2 Å². The molecule has 0 aliphatic heterocycles. The lowest BCUT2D eigenvalue weighted by Gasteiger charge is -2.10. The van der Waals surface area contributed by atoms with Gasteiger partial charge >= 0.3 is 0 Å². The molecule has 2 N–H and O–H groups in total. The lowest BCUT2D eigenvalue weighted by atomic mass is 10.2. The summed E-state index contributed by atoms with van der Waals surface area (Å²) in [7, 11) is 1.58. The quantitative estimate of drug-likeness (QED) is 0.831. The summed E-state index contributed by atoms with van der Waals surface area (Å²) in [6, 6.07) is 7.15. The lowest BCUT2D eigenvalue weighted by Crippen LogP contribution is -2.33. The van der Waals surface area contributed by atoms with E-state index < -0.39 is 0 Å². The zero-order chi connectivity index (χ0) is 17.6. The maximum Gasteiger partial charge on any atom is 0.257 e. The molecule has 1 aliphatic carbocycles. The Morgan fingerprint density at radius 3 is 2.64 bits per heavy atom. The molecule has 0 unspecified atom stereocenters. The number of amides is 2. The van der Waals surface area contributed by atoms with Gasteiger partial charge in [0.1, 0.15) is 5.75 Å². The summed E-state index contributed by atoms with van der Waals surface area (Å²) in [6.07, 6.45) is 4.73. The highest BCUT2D eigenvalue weighted by molar-refractivity contribution is 7.14. The van der Waals surface area contributed by atoms with Crippen molar-refractivity contribution in [2.75, 3.05) is 12.4 Å². The Bertz CT molecular complexity index is 736. The number of carbonyl (C=O) groups is 2. The molecule has 7 heteroatoms. The number of thiazole rings is 1. The Labute approximate surface area is 150 Å². The van der Waals surface area contributed by atoms with Gasteiger partial charge in [-0.1, -0.05) is 12.8 Å². The summed E-state index contributed by atoms with van der Waals surface area (Å²) >= 11 is 1.32. The van der Waals surface area contributed by atoms with Gasteiger partial charge in [-0.3, -0.25) is 14.9 Å². The zero-order valence-corrected chi connectivity index (χ0v) is 14.9. The summed E-state index contributed by atoms with van der Waals surface area (Å²) < 4.78 is 5.08. The highest BCUT2D eigenvalue weighted by atomic mass is 32.1. The van der Waals surface area contributed by atoms with Crippen LogP contribution in [0.5, 0.6) is 5.75 Å². The molecule has 1 heterocycles. The molecule has 0 saturated heterocycles. The second-order valence-electron chi connectivity index (χ2n) is 6.05. The van der Waals surface area contributed by atoms with Gasteiger partial charge in [-0.05, 0) is 37.1 Å². The monoisotopic (exact) mass is 359 g/mol. The van der Waals surface area contributed by atoms with Gasteiger partial charge in [0.15, 0.2) is 5.13 Å². The number of methoxy groups -OCH3 is 1. The third kappa shape index (κ3) is 4.79. The average molecular weight is 359 g/mol. The molecule has 132 valence electrons. The van der Waals surface area contributed by atoms with E-state index in [1.54, 1.807) is 36.8 Å². The van der Waals surface area contributed by atoms with Crippen molar-refractivity contribution in [1.82, 2.24) is 10.3 Å². The predicted molar refractivity (Wildman–Crippen MR) is 97.2 cm³/mol. The SMILES string of the molecule is COc1ccc(C(=O)Nc2nc(CC(=O)NC3CCCC3)cs2)cc1. The highest BCUT2D eigenvalue weighted by Gasteiger charge is 2.18. The molecule has 0 atom stereocenters. The Hall–Kier alpha value is -2.41. The minimum absolute atomic E-state index is 0.00905. The third-order valence-corrected chi connectivity index (χ3v) is 4.99. The first-order valence-electron chi connectivity index (χ1n) is 8.33. The Morgan fingerprint density at radius 2 is 1.96 bits per heavy atom. The van der Waals surface area contributed by atoms with Crippen LogP contribution in [0.15, 0.2) is 29.6 Å². The van der Waals surface area contributed by atoms with Crippen molar-refractivity contribution in [2.24, 2.45) is 0 Å². The van der Waals surface area contributed by atoms with Gasteiger partial charge in [0.25, 0.3) is 5.91 Å². The second kappa shape index (κ2) is 8.11. The Kier molecular flexibility index (Phi) is 5.65. The van der Waals surface area contributed by atoms with E-state index in [2.05, 4.69) is 15.6 Å². The van der Waals surface area contributed by atoms with Gasteiger partial charge in [-0.2, -0.15) is 0 Å². The summed E-state index contributed by atoms with van der Waals surface area (Å²) in [4.78, 5) is 28.6. The van der Waals surface area contributed by atoms with E-state index in [9.17, 15) is 9.59 Å². The molecule has 2 amide bonds. The molecule has 1 saturated carbocycles. The molecule has 0 spiro atoms. The first kappa shape index (κ1) is 17.4. The summed E-state index contributed by atoms with van der Waals surface area (Å²) in [5, 5.41) is 8.09. The van der Waals surface area contributed by atoms with Crippen molar-refractivity contribution in [3.8, 4) is 5.75 Å². The number of aromatic nitrogens is 1. The summed E-state index contributed by atoms with van der Waals surface area (Å²) in [6.45, 7) is 0. The van der Waals surface area contributed by atoms with Gasteiger partial charge in [-0.15, -0.1) is 11.3 Å². The predicted octanol–water partition coefficient (Wildman–Crippen LogP) is 3.01. The van der Waals surface area contributed by atoms with Crippen LogP contribution in [0.4, 0.5) is 5.13 Å². The van der Waals surface area contributed by atoms with E-state index in [1.165, 1.54) is 24.2 Å². The summed E-state index contributed by atoms with van der Waals surface area (Å²) in [5.74, 6) is 0.450. The van der Waals surface area contributed by atoms with E-state index in [4.69, 9.17) is 4.74 Å². The smallest absolute Gasteiger partial charge is 0.257 e. The second-order valence-corrected chi connectivity index (χ2v) is 6.91. The van der Waals surface area contributed by atoms with Gasteiger partial charge in [0.2, 0.25) is 5.91 Å². The van der Waals surface area contributed by atoms with E-state index >= 15 is 0 Å². The van der Waals surface area contributed by atoms with Crippen molar-refractivity contribution in [3.63, 3.8) is 0 Å². The van der Waals surface area contributed by atoms with Crippen LogP contribution in [-0.2, 0) is 11.2 Å². The molecule has 1 fully saturated rings. The first-order valence-corrected chi connectivity index (χ1v) is 9.21. The molecule has 0 bridgehead atoms. The van der Waals surface area contributed by atoms with Crippen LogP contribution in [0.1, 0.15) is 41.7 Å². The molecule has 6 nitrogen and oxygen atoms in total. The first-order chi connectivity index (χ1) is 12.1. The number of benzene rings is 1. The van der Waals surface area contributed by atoms with Crippen LogP contribution in [0.2, 0.25) is 0 Å². The number of hydrogen-bond acceptors (Lipinski definition) is 5. The van der Waals surface area contributed by atoms with Gasteiger partial charge < -0.3 is 10.1 Å². The number of nitrogens with zero attached hydrogens (tertiary/aromatic N) is 1. The minimum Gasteiger partial charge on any atom is -0.497 e. The molecule has 1 aliphatic rings. The van der Waals surface area contributed by atoms with E-state index in [-0.39, 0.29) is 18.2 Å². The van der Waals surface area contributed by atoms with Crippen LogP contribution >= 0.6 is 11.3 Å². The molecule has 25 heavy (non-hydrogen) atoms. The summed E-state index contributed by atoms with van der Waals surface area (Å²) in [5.41, 5.74) is 1.20. The number of carbonyl (C=O) groups excluding carboxylic acids is 2. The Balaban J connectivity index is 1.53. The fraction of sp³-hybridized carbons (Fsp3) is 0.389. The fourth-order valence-corrected chi connectivity index (χ4v) is 3.58. The fourth-order valence-electron chi connectivity index (χ4n) is 2.87. The topological polar surface area (TPSA) is 80.3 Å². The third-order valence-electron chi connectivity index (χ3n) is 4.19. The van der Waals surface area contributed by atoms with Gasteiger partial charge in [-0.25, -0.2) is 4.98 Å². The van der Waals surface area contributed by atoms with Crippen molar-refractivity contribution in [2.45, 2.75) is 38.1 Å². The molecule has 1 aromatic heterocycles. The van der Waals surface area contributed by atoms with Crippen molar-refractivity contribution in [1.29, 1.82) is 0 Å². The molecular weight excluding hydrogens is 338 g/mol. The van der Waals surface area contributed by atoms with Crippen LogP contribution in [0.25, 0.3) is 0 Å². The molecule has 0 radical (unpaired) electrons. The maximum absolute atomic E-state index is 12.2. The lowest BCUT2D eigenvalue weighted by molar-refractivity contribution is -0.121. The number of nitrogens with one attached hydrogen (secondary N) is 2. The zero-order valence-electron chi connectivity index (χ0n) is 14.1. The number of anilines is 1. The molecule has 2 aromatic rings. The van der Waals surface area contributed by atoms with Crippen molar-refractivity contribution >= 4 is 28.3 Å². The number of ether oxygens (including phenoxy) is 1. The number of rotatable bonds is 6. The van der Waals surface area contributed by atoms with Gasteiger partial charge in [0, 0.05) is 17.0 Å². The van der Waals surface area contributed by atoms with Gasteiger partial charge in [0.05, 0.1) is 19.2 Å². The maximum atomic E-state index is 12.2. The Morgan fingerprint density at radius 1 is 1.24 bits per heavy atom. The van der Waals surface area contributed by atoms with Crippen molar-refractivity contribution in [3.05, 3.63) is 40.9 Å². The van der Waals surface area contributed by atoms with Crippen LogP contribution in [0.3, 0.4) is 0 Å². The minimum atomic E-state index is -0.237. The average Bonchev–Trinajstić information content (AvgIpc) is 3.27. The largest absolute Gasteiger partial charge is 0.497 e. The van der Waals surface area contributed by atoms with Crippen molar-refractivity contribution < 1.29 is 14.3 Å². The van der Waals surface area contributed by atoms with E-state index in [1.807, 2.05) is 0 Å².